The minimum absolute atomic E-state index is 0.0913. The van der Waals surface area contributed by atoms with E-state index in [1.807, 2.05) is 42.2 Å². The van der Waals surface area contributed by atoms with Gasteiger partial charge in [-0.3, -0.25) is 9.78 Å². The van der Waals surface area contributed by atoms with Crippen molar-refractivity contribution in [3.05, 3.63) is 75.8 Å². The Kier molecular flexibility index (Phi) is 5.09. The van der Waals surface area contributed by atoms with Gasteiger partial charge in [-0.05, 0) is 54.4 Å². The van der Waals surface area contributed by atoms with Crippen LogP contribution in [-0.2, 0) is 13.1 Å². The number of nitrogens with zero attached hydrogens (tertiary/aromatic N) is 2. The highest BCUT2D eigenvalue weighted by molar-refractivity contribution is 7.80. The third-order valence-electron chi connectivity index (χ3n) is 4.04. The number of benzene rings is 1. The van der Waals surface area contributed by atoms with Gasteiger partial charge in [-0.2, -0.15) is 0 Å². The van der Waals surface area contributed by atoms with Gasteiger partial charge in [0.1, 0.15) is 0 Å². The highest BCUT2D eigenvalue weighted by Crippen LogP contribution is 2.15. The van der Waals surface area contributed by atoms with Gasteiger partial charge in [0.25, 0.3) is 5.56 Å². The number of hydrogen-bond donors (Lipinski definition) is 2. The number of fused-ring (bicyclic) bond motifs is 1. The number of H-pyrrole nitrogens is 1. The number of thiocarbonyl (C=S) groups is 1. The van der Waals surface area contributed by atoms with Gasteiger partial charge in [0.2, 0.25) is 0 Å². The standard InChI is InChI=1S/C19H20N4OS/c1-13-5-6-17-15(8-13)9-16(18(24)22-17)12-23(19(25)20-2)11-14-4-3-7-21-10-14/h3-10H,11-12H2,1-2H3,(H,20,25)(H,22,24). The van der Waals surface area contributed by atoms with Crippen LogP contribution in [0.15, 0.2) is 53.6 Å². The Morgan fingerprint density at radius 3 is 2.84 bits per heavy atom. The number of nitrogens with one attached hydrogen (secondary N) is 2. The number of hydrogen-bond acceptors (Lipinski definition) is 3. The van der Waals surface area contributed by atoms with Crippen LogP contribution in [0.1, 0.15) is 16.7 Å². The normalized spacial score (nSPS) is 10.6. The molecular weight excluding hydrogens is 332 g/mol. The first-order chi connectivity index (χ1) is 12.1. The van der Waals surface area contributed by atoms with Crippen molar-refractivity contribution >= 4 is 28.2 Å². The molecule has 2 heterocycles. The first-order valence-corrected chi connectivity index (χ1v) is 8.46. The second-order valence-electron chi connectivity index (χ2n) is 5.99. The maximum atomic E-state index is 12.5. The molecule has 0 aliphatic heterocycles. The molecule has 5 nitrogen and oxygen atoms in total. The monoisotopic (exact) mass is 352 g/mol. The predicted octanol–water partition coefficient (Wildman–Crippen LogP) is 2.74. The van der Waals surface area contributed by atoms with E-state index in [0.717, 1.165) is 22.0 Å². The average Bonchev–Trinajstić information content (AvgIpc) is 2.62. The van der Waals surface area contributed by atoms with Crippen LogP contribution in [0.4, 0.5) is 0 Å². The Bertz CT molecular complexity index is 953. The van der Waals surface area contributed by atoms with Crippen LogP contribution in [0.25, 0.3) is 10.9 Å². The lowest BCUT2D eigenvalue weighted by Gasteiger charge is -2.24. The van der Waals surface area contributed by atoms with Crippen molar-refractivity contribution < 1.29 is 0 Å². The zero-order valence-electron chi connectivity index (χ0n) is 14.2. The molecule has 0 radical (unpaired) electrons. The molecule has 3 rings (SSSR count). The Labute approximate surface area is 151 Å². The van der Waals surface area contributed by atoms with Crippen molar-refractivity contribution in [2.24, 2.45) is 0 Å². The molecule has 0 aliphatic rings. The summed E-state index contributed by atoms with van der Waals surface area (Å²) >= 11 is 5.42. The van der Waals surface area contributed by atoms with Gasteiger partial charge in [0.15, 0.2) is 5.11 Å². The van der Waals surface area contributed by atoms with Gasteiger partial charge in [0, 0.05) is 37.1 Å². The molecule has 0 saturated carbocycles. The van der Waals surface area contributed by atoms with Crippen molar-refractivity contribution in [3.8, 4) is 0 Å². The van der Waals surface area contributed by atoms with E-state index in [1.54, 1.807) is 19.4 Å². The Balaban J connectivity index is 1.93. The molecule has 0 fully saturated rings. The Morgan fingerprint density at radius 1 is 1.28 bits per heavy atom. The van der Waals surface area contributed by atoms with Gasteiger partial charge in [-0.1, -0.05) is 17.7 Å². The summed E-state index contributed by atoms with van der Waals surface area (Å²) < 4.78 is 0. The average molecular weight is 352 g/mol. The topological polar surface area (TPSA) is 61.0 Å². The first-order valence-electron chi connectivity index (χ1n) is 8.05. The summed E-state index contributed by atoms with van der Waals surface area (Å²) in [6, 6.07) is 11.8. The SMILES string of the molecule is CNC(=S)N(Cc1cccnc1)Cc1cc2cc(C)ccc2[nH]c1=O. The Morgan fingerprint density at radius 2 is 2.12 bits per heavy atom. The van der Waals surface area contributed by atoms with E-state index >= 15 is 0 Å². The smallest absolute Gasteiger partial charge is 0.253 e. The Hall–Kier alpha value is -2.73. The molecule has 128 valence electrons. The van der Waals surface area contributed by atoms with Gasteiger partial charge < -0.3 is 15.2 Å². The maximum absolute atomic E-state index is 12.5. The fourth-order valence-corrected chi connectivity index (χ4v) is 2.89. The quantitative estimate of drug-likeness (QED) is 0.707. The van der Waals surface area contributed by atoms with Gasteiger partial charge >= 0.3 is 0 Å². The van der Waals surface area contributed by atoms with E-state index in [-0.39, 0.29) is 5.56 Å². The van der Waals surface area contributed by atoms with Crippen molar-refractivity contribution in [3.63, 3.8) is 0 Å². The summed E-state index contributed by atoms with van der Waals surface area (Å²) in [5.74, 6) is 0. The molecule has 1 aromatic carbocycles. The van der Waals surface area contributed by atoms with E-state index in [0.29, 0.717) is 23.8 Å². The molecule has 2 aromatic heterocycles. The molecule has 0 bridgehead atoms. The summed E-state index contributed by atoms with van der Waals surface area (Å²) in [7, 11) is 1.78. The molecule has 0 saturated heterocycles. The number of aryl methyl sites for hydroxylation is 1. The largest absolute Gasteiger partial charge is 0.366 e. The third-order valence-corrected chi connectivity index (χ3v) is 4.50. The van der Waals surface area contributed by atoms with E-state index in [9.17, 15) is 4.79 Å². The predicted molar refractivity (Wildman–Crippen MR) is 104 cm³/mol. The molecule has 3 aromatic rings. The number of pyridine rings is 2. The number of aromatic nitrogens is 2. The van der Waals surface area contributed by atoms with Crippen LogP contribution in [0.5, 0.6) is 0 Å². The minimum Gasteiger partial charge on any atom is -0.366 e. The fourth-order valence-electron chi connectivity index (χ4n) is 2.76. The van der Waals surface area contributed by atoms with Crippen LogP contribution in [0, 0.1) is 6.92 Å². The minimum atomic E-state index is -0.0913. The molecule has 0 amide bonds. The van der Waals surface area contributed by atoms with Crippen molar-refractivity contribution in [1.82, 2.24) is 20.2 Å². The molecule has 0 atom stereocenters. The second kappa shape index (κ2) is 7.44. The summed E-state index contributed by atoms with van der Waals surface area (Å²) in [5.41, 5.74) is 3.62. The fraction of sp³-hybridized carbons (Fsp3) is 0.211. The van der Waals surface area contributed by atoms with E-state index in [4.69, 9.17) is 12.2 Å². The van der Waals surface area contributed by atoms with Gasteiger partial charge in [-0.15, -0.1) is 0 Å². The number of aromatic amines is 1. The first kappa shape index (κ1) is 17.1. The lowest BCUT2D eigenvalue weighted by molar-refractivity contribution is 0.400. The number of rotatable bonds is 4. The molecule has 0 spiro atoms. The molecule has 25 heavy (non-hydrogen) atoms. The third kappa shape index (κ3) is 4.03. The van der Waals surface area contributed by atoms with Crippen LogP contribution >= 0.6 is 12.2 Å². The van der Waals surface area contributed by atoms with Crippen LogP contribution in [0.3, 0.4) is 0 Å². The lowest BCUT2D eigenvalue weighted by Crippen LogP contribution is -2.38. The molecule has 0 aliphatic carbocycles. The zero-order valence-corrected chi connectivity index (χ0v) is 15.1. The van der Waals surface area contributed by atoms with E-state index in [1.165, 1.54) is 0 Å². The van der Waals surface area contributed by atoms with Crippen LogP contribution < -0.4 is 10.9 Å². The molecule has 2 N–H and O–H groups in total. The lowest BCUT2D eigenvalue weighted by atomic mass is 10.1. The zero-order chi connectivity index (χ0) is 17.8. The van der Waals surface area contributed by atoms with Crippen LogP contribution in [-0.4, -0.2) is 27.0 Å². The highest BCUT2D eigenvalue weighted by atomic mass is 32.1. The molecule has 0 unspecified atom stereocenters. The van der Waals surface area contributed by atoms with E-state index in [2.05, 4.69) is 21.4 Å². The summed E-state index contributed by atoms with van der Waals surface area (Å²) in [6.07, 6.45) is 3.54. The van der Waals surface area contributed by atoms with Crippen LogP contribution in [0.2, 0.25) is 0 Å². The van der Waals surface area contributed by atoms with Crippen molar-refractivity contribution in [1.29, 1.82) is 0 Å². The summed E-state index contributed by atoms with van der Waals surface area (Å²) in [5, 5.41) is 4.61. The maximum Gasteiger partial charge on any atom is 0.253 e. The summed E-state index contributed by atoms with van der Waals surface area (Å²) in [4.78, 5) is 21.5. The van der Waals surface area contributed by atoms with Gasteiger partial charge in [-0.25, -0.2) is 0 Å². The second-order valence-corrected chi connectivity index (χ2v) is 6.37. The van der Waals surface area contributed by atoms with E-state index < -0.39 is 0 Å². The molecule has 6 heteroatoms. The summed E-state index contributed by atoms with van der Waals surface area (Å²) in [6.45, 7) is 3.04. The molecular formula is C19H20N4OS. The van der Waals surface area contributed by atoms with Crippen molar-refractivity contribution in [2.45, 2.75) is 20.0 Å². The van der Waals surface area contributed by atoms with Gasteiger partial charge in [0.05, 0.1) is 6.54 Å². The highest BCUT2D eigenvalue weighted by Gasteiger charge is 2.13. The van der Waals surface area contributed by atoms with Crippen molar-refractivity contribution in [2.75, 3.05) is 7.05 Å².